The van der Waals surface area contributed by atoms with Crippen molar-refractivity contribution >= 4 is 143 Å². The molecule has 82 heavy (non-hydrogen) atoms. The molecule has 0 saturated carbocycles. The van der Waals surface area contributed by atoms with Gasteiger partial charge in [0.05, 0.1) is 16.8 Å². The van der Waals surface area contributed by atoms with Crippen LogP contribution < -0.4 is 9.80 Å². The summed E-state index contributed by atoms with van der Waals surface area (Å²) < 4.78 is 27.7. The maximum Gasteiger partial charge on any atom is 0.159 e. The highest BCUT2D eigenvalue weighted by Crippen LogP contribution is 2.51. The zero-order valence-electron chi connectivity index (χ0n) is 48.2. The van der Waals surface area contributed by atoms with Crippen molar-refractivity contribution in [3.05, 3.63) is 216 Å². The molecule has 0 aliphatic rings. The van der Waals surface area contributed by atoms with Gasteiger partial charge in [-0.1, -0.05) is 166 Å². The van der Waals surface area contributed by atoms with Crippen LogP contribution in [0.15, 0.2) is 212 Å². The van der Waals surface area contributed by atoms with Crippen LogP contribution in [0.3, 0.4) is 0 Å². The number of rotatable bonds is 8. The van der Waals surface area contributed by atoms with E-state index in [1.807, 2.05) is 12.1 Å². The SMILES string of the molecule is CC(C)c1ccc(N(c2ccc3cc4c(cc3c2)oc2c4ccc3oc4cc5cc(N(c6ccc(C(C)C)cc6)c6c(C(C)(C)C)ccc7c6oc6ccccc67)ccc5cc4c32)c2c(C(C)(C)C)ccc3c2oc2ccccc23)cc1. The minimum Gasteiger partial charge on any atom is -0.456 e. The van der Waals surface area contributed by atoms with Crippen molar-refractivity contribution in [2.24, 2.45) is 0 Å². The number of fused-ring (bicyclic) bond motifs is 15. The Bertz CT molecular complexity index is 5070. The third-order valence-corrected chi connectivity index (χ3v) is 17.2. The molecule has 0 fully saturated rings. The maximum absolute atomic E-state index is 7.08. The van der Waals surface area contributed by atoms with Crippen LogP contribution in [0.1, 0.15) is 103 Å². The summed E-state index contributed by atoms with van der Waals surface area (Å²) in [5.41, 5.74) is 17.6. The second-order valence-electron chi connectivity index (χ2n) is 25.3. The minimum atomic E-state index is -0.196. The van der Waals surface area contributed by atoms with E-state index in [0.29, 0.717) is 11.8 Å². The van der Waals surface area contributed by atoms with E-state index in [9.17, 15) is 0 Å². The molecule has 6 heteroatoms. The molecule has 15 aromatic rings. The lowest BCUT2D eigenvalue weighted by atomic mass is 9.84. The largest absolute Gasteiger partial charge is 0.456 e. The van der Waals surface area contributed by atoms with Gasteiger partial charge < -0.3 is 27.5 Å². The summed E-state index contributed by atoms with van der Waals surface area (Å²) in [4.78, 5) is 4.80. The first kappa shape index (κ1) is 49.8. The van der Waals surface area contributed by atoms with E-state index in [1.165, 1.54) is 22.3 Å². The molecule has 0 unspecified atom stereocenters. The summed E-state index contributed by atoms with van der Waals surface area (Å²) in [7, 11) is 0. The molecule has 0 aliphatic heterocycles. The molecule has 0 bridgehead atoms. The van der Waals surface area contributed by atoms with E-state index in [0.717, 1.165) is 143 Å². The van der Waals surface area contributed by atoms with Gasteiger partial charge in [0.1, 0.15) is 33.5 Å². The van der Waals surface area contributed by atoms with Gasteiger partial charge in [-0.2, -0.15) is 0 Å². The van der Waals surface area contributed by atoms with Crippen LogP contribution in [0.5, 0.6) is 0 Å². The van der Waals surface area contributed by atoms with Crippen LogP contribution in [0.25, 0.3) is 109 Å². The normalized spacial score (nSPS) is 12.7. The van der Waals surface area contributed by atoms with E-state index >= 15 is 0 Å². The van der Waals surface area contributed by atoms with Crippen LogP contribution in [-0.4, -0.2) is 0 Å². The molecule has 0 radical (unpaired) electrons. The summed E-state index contributed by atoms with van der Waals surface area (Å²) in [5, 5.41) is 12.9. The average molecular weight is 1070 g/mol. The minimum absolute atomic E-state index is 0.196. The zero-order valence-corrected chi connectivity index (χ0v) is 48.2. The summed E-state index contributed by atoms with van der Waals surface area (Å²) in [6.07, 6.45) is 0. The lowest BCUT2D eigenvalue weighted by molar-refractivity contribution is 0.588. The molecule has 6 nitrogen and oxygen atoms in total. The predicted molar refractivity (Wildman–Crippen MR) is 346 cm³/mol. The van der Waals surface area contributed by atoms with Gasteiger partial charge in [-0.25, -0.2) is 0 Å². The quantitative estimate of drug-likeness (QED) is 0.151. The molecule has 4 aromatic heterocycles. The number of hydrogen-bond acceptors (Lipinski definition) is 6. The molecule has 4 heterocycles. The monoisotopic (exact) mass is 1070 g/mol. The molecular formula is C76H64N2O4. The van der Waals surface area contributed by atoms with Gasteiger partial charge >= 0.3 is 0 Å². The Morgan fingerprint density at radius 1 is 0.305 bits per heavy atom. The van der Waals surface area contributed by atoms with Crippen molar-refractivity contribution in [2.45, 2.75) is 91.9 Å². The summed E-state index contributed by atoms with van der Waals surface area (Å²) in [6, 6.07) is 70.7. The van der Waals surface area contributed by atoms with E-state index in [4.69, 9.17) is 17.7 Å². The first-order valence-corrected chi connectivity index (χ1v) is 28.9. The Hall–Kier alpha value is -9.26. The fourth-order valence-electron chi connectivity index (χ4n) is 12.9. The number of anilines is 6. The van der Waals surface area contributed by atoms with Gasteiger partial charge in [0, 0.05) is 60.5 Å². The second-order valence-corrected chi connectivity index (χ2v) is 25.3. The summed E-state index contributed by atoms with van der Waals surface area (Å²) in [5.74, 6) is 0.809. The molecular weight excluding hydrogens is 1000 g/mol. The van der Waals surface area contributed by atoms with Crippen LogP contribution in [-0.2, 0) is 10.8 Å². The van der Waals surface area contributed by atoms with Crippen LogP contribution >= 0.6 is 0 Å². The van der Waals surface area contributed by atoms with E-state index < -0.39 is 0 Å². The molecule has 11 aromatic carbocycles. The first-order chi connectivity index (χ1) is 39.5. The van der Waals surface area contributed by atoms with Crippen molar-refractivity contribution in [3.63, 3.8) is 0 Å². The highest BCUT2D eigenvalue weighted by molar-refractivity contribution is 6.24. The Balaban J connectivity index is 0.881. The van der Waals surface area contributed by atoms with Crippen molar-refractivity contribution < 1.29 is 17.7 Å². The fraction of sp³-hybridized carbons (Fsp3) is 0.184. The van der Waals surface area contributed by atoms with E-state index in [1.54, 1.807) is 0 Å². The average Bonchev–Trinajstić information content (AvgIpc) is 2.61. The Morgan fingerprint density at radius 3 is 1.20 bits per heavy atom. The summed E-state index contributed by atoms with van der Waals surface area (Å²) >= 11 is 0. The first-order valence-electron chi connectivity index (χ1n) is 28.9. The Labute approximate surface area is 476 Å². The standard InChI is InChI=1S/C76H64N2O4/c1-43(2)45-19-25-51(26-20-45)77(70-62(75(5,6)7)34-31-57-55-15-11-13-17-64(55)80-73(57)70)53-29-23-47-39-60-59-33-36-66-69(72(59)82-67(60)41-49(47)37-53)61-40-48-24-30-54(38-50(48)42-68(61)79-66)78(52-27-21-46(22-28-52)44(3)4)71-63(76(8,9)10)35-32-58-56-16-12-14-18-65(56)81-74(58)71/h11-44H,1-10H3. The maximum atomic E-state index is 7.08. The van der Waals surface area contributed by atoms with Crippen molar-refractivity contribution in [2.75, 3.05) is 9.80 Å². The molecule has 0 saturated heterocycles. The van der Waals surface area contributed by atoms with Crippen molar-refractivity contribution in [1.29, 1.82) is 0 Å². The van der Waals surface area contributed by atoms with E-state index in [-0.39, 0.29) is 10.8 Å². The molecule has 0 spiro atoms. The number of nitrogens with zero attached hydrogens (tertiary/aromatic N) is 2. The van der Waals surface area contributed by atoms with Gasteiger partial charge in [0.25, 0.3) is 0 Å². The molecule has 402 valence electrons. The summed E-state index contributed by atoms with van der Waals surface area (Å²) in [6.45, 7) is 22.7. The number of para-hydroxylation sites is 2. The highest BCUT2D eigenvalue weighted by Gasteiger charge is 2.31. The second kappa shape index (κ2) is 18.1. The van der Waals surface area contributed by atoms with Gasteiger partial charge in [-0.15, -0.1) is 0 Å². The number of benzene rings is 11. The van der Waals surface area contributed by atoms with Crippen LogP contribution in [0.4, 0.5) is 34.1 Å². The van der Waals surface area contributed by atoms with Crippen LogP contribution in [0, 0.1) is 0 Å². The number of hydrogen-bond donors (Lipinski definition) is 0. The Kier molecular flexibility index (Phi) is 11.0. The third-order valence-electron chi connectivity index (χ3n) is 17.2. The molecule has 15 rings (SSSR count). The molecule has 0 N–H and O–H groups in total. The van der Waals surface area contributed by atoms with Gasteiger partial charge in [0.15, 0.2) is 11.2 Å². The van der Waals surface area contributed by atoms with Crippen molar-refractivity contribution in [1.82, 2.24) is 0 Å². The molecule has 0 amide bonds. The molecule has 0 atom stereocenters. The molecule has 0 aliphatic carbocycles. The highest BCUT2D eigenvalue weighted by atomic mass is 16.3. The third kappa shape index (κ3) is 7.82. The zero-order chi connectivity index (χ0) is 56.1. The topological polar surface area (TPSA) is 59.0 Å². The lowest BCUT2D eigenvalue weighted by Gasteiger charge is -2.32. The Morgan fingerprint density at radius 2 is 0.720 bits per heavy atom. The lowest BCUT2D eigenvalue weighted by Crippen LogP contribution is -2.19. The van der Waals surface area contributed by atoms with Crippen LogP contribution in [0.2, 0.25) is 0 Å². The smallest absolute Gasteiger partial charge is 0.159 e. The predicted octanol–water partition coefficient (Wildman–Crippen LogP) is 23.4. The fourth-order valence-corrected chi connectivity index (χ4v) is 12.9. The van der Waals surface area contributed by atoms with E-state index in [2.05, 4.69) is 261 Å². The number of furan rings is 4. The van der Waals surface area contributed by atoms with Crippen molar-refractivity contribution in [3.8, 4) is 0 Å². The van der Waals surface area contributed by atoms with Gasteiger partial charge in [-0.05, 0) is 164 Å². The van der Waals surface area contributed by atoms with Gasteiger partial charge in [0.2, 0.25) is 0 Å². The van der Waals surface area contributed by atoms with Gasteiger partial charge in [-0.3, -0.25) is 0 Å².